The average Bonchev–Trinajstić information content (AvgIpc) is 2.97. The van der Waals surface area contributed by atoms with Crippen LogP contribution in [0.1, 0.15) is 60.2 Å². The van der Waals surface area contributed by atoms with Crippen LogP contribution in [0.3, 0.4) is 0 Å². The number of fused-ring (bicyclic) bond motifs is 1. The number of nitrogens with zero attached hydrogens (tertiary/aromatic N) is 6. The summed E-state index contributed by atoms with van der Waals surface area (Å²) in [5, 5.41) is 8.85. The maximum absolute atomic E-state index is 12.9. The maximum Gasteiger partial charge on any atom is 0.331 e. The third-order valence-electron chi connectivity index (χ3n) is 6.03. The second kappa shape index (κ2) is 7.37. The van der Waals surface area contributed by atoms with Crippen molar-refractivity contribution < 1.29 is 4.79 Å². The molecule has 0 unspecified atom stereocenters. The van der Waals surface area contributed by atoms with Gasteiger partial charge >= 0.3 is 5.69 Å². The smallest absolute Gasteiger partial charge is 0.331 e. The molecule has 1 saturated heterocycles. The minimum Gasteiger partial charge on any atom is -0.337 e. The monoisotopic (exact) mass is 386 g/mol. The fourth-order valence-electron chi connectivity index (χ4n) is 4.25. The van der Waals surface area contributed by atoms with Crippen molar-refractivity contribution in [1.29, 1.82) is 0 Å². The number of carbonyl (C=O) groups is 1. The second-order valence-corrected chi connectivity index (χ2v) is 7.77. The average molecular weight is 386 g/mol. The van der Waals surface area contributed by atoms with Crippen LogP contribution in [0.25, 0.3) is 0 Å². The molecule has 2 aromatic rings. The van der Waals surface area contributed by atoms with E-state index >= 15 is 0 Å². The molecule has 2 aromatic heterocycles. The SMILES string of the molecule is Cn1c(C(=O)N2CCC(c3nnc4n3CCCCC4)CC2)cc(=O)n(C)c1=O. The minimum absolute atomic E-state index is 0.142. The number of hydrogen-bond donors (Lipinski definition) is 0. The van der Waals surface area contributed by atoms with E-state index in [0.29, 0.717) is 13.1 Å². The van der Waals surface area contributed by atoms with Crippen LogP contribution >= 0.6 is 0 Å². The van der Waals surface area contributed by atoms with Crippen molar-refractivity contribution in [2.24, 2.45) is 14.1 Å². The van der Waals surface area contributed by atoms with Gasteiger partial charge in [0.1, 0.15) is 17.3 Å². The molecule has 28 heavy (non-hydrogen) atoms. The predicted octanol–water partition coefficient (Wildman–Crippen LogP) is 0.422. The van der Waals surface area contributed by atoms with Gasteiger partial charge in [0.25, 0.3) is 11.5 Å². The topological polar surface area (TPSA) is 95.0 Å². The van der Waals surface area contributed by atoms with E-state index < -0.39 is 11.2 Å². The highest BCUT2D eigenvalue weighted by molar-refractivity contribution is 5.92. The maximum atomic E-state index is 12.9. The van der Waals surface area contributed by atoms with Crippen LogP contribution < -0.4 is 11.2 Å². The number of carbonyl (C=O) groups excluding carboxylic acids is 1. The van der Waals surface area contributed by atoms with E-state index in [4.69, 9.17) is 0 Å². The zero-order valence-corrected chi connectivity index (χ0v) is 16.4. The molecule has 0 radical (unpaired) electrons. The molecule has 1 amide bonds. The molecule has 9 heteroatoms. The van der Waals surface area contributed by atoms with Gasteiger partial charge in [-0.05, 0) is 25.7 Å². The van der Waals surface area contributed by atoms with Crippen molar-refractivity contribution in [3.05, 3.63) is 44.2 Å². The molecule has 2 aliphatic rings. The Labute approximate surface area is 162 Å². The molecule has 4 rings (SSSR count). The van der Waals surface area contributed by atoms with E-state index in [-0.39, 0.29) is 17.5 Å². The molecule has 0 N–H and O–H groups in total. The zero-order chi connectivity index (χ0) is 19.8. The van der Waals surface area contributed by atoms with Crippen molar-refractivity contribution in [2.45, 2.75) is 51.0 Å². The molecule has 9 nitrogen and oxygen atoms in total. The lowest BCUT2D eigenvalue weighted by Crippen LogP contribution is -2.44. The molecular weight excluding hydrogens is 360 g/mol. The number of amides is 1. The molecule has 4 heterocycles. The largest absolute Gasteiger partial charge is 0.337 e. The lowest BCUT2D eigenvalue weighted by atomic mass is 9.95. The van der Waals surface area contributed by atoms with E-state index in [1.54, 1.807) is 4.90 Å². The van der Waals surface area contributed by atoms with Gasteiger partial charge in [-0.1, -0.05) is 6.42 Å². The van der Waals surface area contributed by atoms with E-state index in [0.717, 1.165) is 48.4 Å². The Morgan fingerprint density at radius 1 is 1.00 bits per heavy atom. The number of aryl methyl sites for hydroxylation is 1. The van der Waals surface area contributed by atoms with Gasteiger partial charge in [0.15, 0.2) is 0 Å². The standard InChI is InChI=1S/C19H26N6O3/c1-22-14(12-16(26)23(2)19(22)28)18(27)24-10-7-13(8-11-24)17-21-20-15-6-4-3-5-9-25(15)17/h12-13H,3-11H2,1-2H3. The van der Waals surface area contributed by atoms with Gasteiger partial charge in [0.05, 0.1) is 0 Å². The Kier molecular flexibility index (Phi) is 4.91. The first-order valence-corrected chi connectivity index (χ1v) is 9.95. The first-order chi connectivity index (χ1) is 13.5. The van der Waals surface area contributed by atoms with Crippen LogP contribution in [0, 0.1) is 0 Å². The summed E-state index contributed by atoms with van der Waals surface area (Å²) >= 11 is 0. The molecule has 2 aliphatic heterocycles. The summed E-state index contributed by atoms with van der Waals surface area (Å²) in [6.07, 6.45) is 6.16. The minimum atomic E-state index is -0.489. The summed E-state index contributed by atoms with van der Waals surface area (Å²) in [6.45, 7) is 2.14. The summed E-state index contributed by atoms with van der Waals surface area (Å²) in [5.41, 5.74) is -0.813. The van der Waals surface area contributed by atoms with Crippen LogP contribution in [0.2, 0.25) is 0 Å². The van der Waals surface area contributed by atoms with Crippen molar-refractivity contribution in [2.75, 3.05) is 13.1 Å². The summed E-state index contributed by atoms with van der Waals surface area (Å²) in [4.78, 5) is 38.7. The summed E-state index contributed by atoms with van der Waals surface area (Å²) in [6, 6.07) is 1.24. The normalized spacial score (nSPS) is 18.0. The van der Waals surface area contributed by atoms with Gasteiger partial charge in [0.2, 0.25) is 0 Å². The van der Waals surface area contributed by atoms with Crippen molar-refractivity contribution in [1.82, 2.24) is 28.8 Å². The van der Waals surface area contributed by atoms with Crippen LogP contribution in [0.5, 0.6) is 0 Å². The Morgan fingerprint density at radius 2 is 1.75 bits per heavy atom. The van der Waals surface area contributed by atoms with Gasteiger partial charge < -0.3 is 9.47 Å². The molecule has 0 aromatic carbocycles. The van der Waals surface area contributed by atoms with Crippen LogP contribution in [-0.2, 0) is 27.1 Å². The lowest BCUT2D eigenvalue weighted by Gasteiger charge is -2.32. The van der Waals surface area contributed by atoms with Crippen LogP contribution in [0.15, 0.2) is 15.7 Å². The quantitative estimate of drug-likeness (QED) is 0.746. The number of piperidine rings is 1. The molecule has 0 bridgehead atoms. The number of aromatic nitrogens is 5. The second-order valence-electron chi connectivity index (χ2n) is 7.77. The van der Waals surface area contributed by atoms with Crippen LogP contribution in [-0.4, -0.2) is 47.8 Å². The summed E-state index contributed by atoms with van der Waals surface area (Å²) in [7, 11) is 2.93. The van der Waals surface area contributed by atoms with Crippen molar-refractivity contribution in [3.63, 3.8) is 0 Å². The number of rotatable bonds is 2. The fourth-order valence-corrected chi connectivity index (χ4v) is 4.25. The summed E-state index contributed by atoms with van der Waals surface area (Å²) < 4.78 is 4.52. The highest BCUT2D eigenvalue weighted by Crippen LogP contribution is 2.29. The third-order valence-corrected chi connectivity index (χ3v) is 6.03. The Hall–Kier alpha value is -2.71. The van der Waals surface area contributed by atoms with Gasteiger partial charge in [-0.15, -0.1) is 10.2 Å². The van der Waals surface area contributed by atoms with E-state index in [1.165, 1.54) is 37.6 Å². The lowest BCUT2D eigenvalue weighted by molar-refractivity contribution is 0.0698. The Balaban J connectivity index is 1.49. The Morgan fingerprint density at radius 3 is 2.50 bits per heavy atom. The fraction of sp³-hybridized carbons (Fsp3) is 0.632. The van der Waals surface area contributed by atoms with Gasteiger partial charge in [-0.25, -0.2) is 4.79 Å². The number of likely N-dealkylation sites (tertiary alicyclic amines) is 1. The van der Waals surface area contributed by atoms with Crippen molar-refractivity contribution >= 4 is 5.91 Å². The molecule has 150 valence electrons. The Bertz CT molecular complexity index is 1010. The highest BCUT2D eigenvalue weighted by Gasteiger charge is 2.30. The summed E-state index contributed by atoms with van der Waals surface area (Å²) in [5.74, 6) is 2.15. The first-order valence-electron chi connectivity index (χ1n) is 9.95. The van der Waals surface area contributed by atoms with Gasteiger partial charge in [0, 0.05) is 52.1 Å². The molecule has 1 fully saturated rings. The zero-order valence-electron chi connectivity index (χ0n) is 16.4. The van der Waals surface area contributed by atoms with Gasteiger partial charge in [-0.2, -0.15) is 0 Å². The highest BCUT2D eigenvalue weighted by atomic mass is 16.2. The van der Waals surface area contributed by atoms with Crippen LogP contribution in [0.4, 0.5) is 0 Å². The molecule has 0 atom stereocenters. The van der Waals surface area contributed by atoms with Gasteiger partial charge in [-0.3, -0.25) is 18.7 Å². The third kappa shape index (κ3) is 3.18. The van der Waals surface area contributed by atoms with E-state index in [9.17, 15) is 14.4 Å². The van der Waals surface area contributed by atoms with Crippen molar-refractivity contribution in [3.8, 4) is 0 Å². The number of hydrogen-bond acceptors (Lipinski definition) is 5. The molecule has 0 spiro atoms. The first kappa shape index (κ1) is 18.6. The van der Waals surface area contributed by atoms with E-state index in [1.807, 2.05) is 0 Å². The predicted molar refractivity (Wildman–Crippen MR) is 102 cm³/mol. The molecule has 0 aliphatic carbocycles. The molecule has 0 saturated carbocycles. The molecular formula is C19H26N6O3. The van der Waals surface area contributed by atoms with E-state index in [2.05, 4.69) is 14.8 Å².